The molecule has 0 atom stereocenters. The number of carbonyl (C=O) groups excluding carboxylic acids is 1. The fraction of sp³-hybridized carbons (Fsp3) is 0.364. The SMILES string of the molecule is Cc1ccc(Cl)c(C(=O)OC(C)C)c1. The first kappa shape index (κ1) is 11.1. The molecule has 3 heteroatoms. The van der Waals surface area contributed by atoms with Crippen molar-refractivity contribution in [2.75, 3.05) is 0 Å². The Hall–Kier alpha value is -1.02. The molecule has 0 bridgehead atoms. The van der Waals surface area contributed by atoms with Crippen LogP contribution in [0.1, 0.15) is 29.8 Å². The van der Waals surface area contributed by atoms with E-state index < -0.39 is 0 Å². The number of hydrogen-bond donors (Lipinski definition) is 0. The number of rotatable bonds is 2. The molecular weight excluding hydrogens is 200 g/mol. The van der Waals surface area contributed by atoms with Crippen molar-refractivity contribution in [3.8, 4) is 0 Å². The van der Waals surface area contributed by atoms with E-state index in [1.165, 1.54) is 0 Å². The Balaban J connectivity index is 2.94. The summed E-state index contributed by atoms with van der Waals surface area (Å²) in [5, 5.41) is 0.432. The summed E-state index contributed by atoms with van der Waals surface area (Å²) in [6.45, 7) is 5.52. The molecule has 1 aromatic rings. The predicted octanol–water partition coefficient (Wildman–Crippen LogP) is 3.21. The van der Waals surface area contributed by atoms with E-state index >= 15 is 0 Å². The maximum atomic E-state index is 11.5. The standard InChI is InChI=1S/C11H13ClO2/c1-7(2)14-11(13)9-6-8(3)4-5-10(9)12/h4-7H,1-3H3. The van der Waals surface area contributed by atoms with Crippen molar-refractivity contribution in [3.05, 3.63) is 34.3 Å². The molecule has 1 rings (SSSR count). The van der Waals surface area contributed by atoms with E-state index in [4.69, 9.17) is 16.3 Å². The molecule has 0 radical (unpaired) electrons. The van der Waals surface area contributed by atoms with Gasteiger partial charge in [-0.05, 0) is 32.9 Å². The van der Waals surface area contributed by atoms with E-state index in [1.807, 2.05) is 26.8 Å². The summed E-state index contributed by atoms with van der Waals surface area (Å²) in [6.07, 6.45) is -0.126. The first-order valence-electron chi connectivity index (χ1n) is 4.48. The monoisotopic (exact) mass is 212 g/mol. The minimum atomic E-state index is -0.367. The molecular formula is C11H13ClO2. The average molecular weight is 213 g/mol. The molecule has 0 aliphatic heterocycles. The minimum absolute atomic E-state index is 0.126. The topological polar surface area (TPSA) is 26.3 Å². The van der Waals surface area contributed by atoms with Crippen molar-refractivity contribution in [1.29, 1.82) is 0 Å². The lowest BCUT2D eigenvalue weighted by atomic mass is 10.1. The van der Waals surface area contributed by atoms with Crippen molar-refractivity contribution >= 4 is 17.6 Å². The minimum Gasteiger partial charge on any atom is -0.459 e. The van der Waals surface area contributed by atoms with E-state index in [-0.39, 0.29) is 12.1 Å². The maximum Gasteiger partial charge on any atom is 0.339 e. The zero-order valence-corrected chi connectivity index (χ0v) is 9.26. The van der Waals surface area contributed by atoms with Gasteiger partial charge in [0, 0.05) is 0 Å². The Kier molecular flexibility index (Phi) is 3.53. The van der Waals surface area contributed by atoms with Crippen molar-refractivity contribution in [2.45, 2.75) is 26.9 Å². The van der Waals surface area contributed by atoms with Gasteiger partial charge in [0.1, 0.15) is 0 Å². The van der Waals surface area contributed by atoms with Crippen LogP contribution < -0.4 is 0 Å². The summed E-state index contributed by atoms with van der Waals surface area (Å²) >= 11 is 5.87. The summed E-state index contributed by atoms with van der Waals surface area (Å²) in [5.41, 5.74) is 1.42. The highest BCUT2D eigenvalue weighted by molar-refractivity contribution is 6.33. The number of halogens is 1. The van der Waals surface area contributed by atoms with Crippen LogP contribution in [0, 0.1) is 6.92 Å². The highest BCUT2D eigenvalue weighted by atomic mass is 35.5. The molecule has 0 heterocycles. The van der Waals surface area contributed by atoms with Crippen molar-refractivity contribution in [1.82, 2.24) is 0 Å². The highest BCUT2D eigenvalue weighted by Gasteiger charge is 2.12. The Morgan fingerprint density at radius 2 is 2.07 bits per heavy atom. The van der Waals surface area contributed by atoms with E-state index in [2.05, 4.69) is 0 Å². The van der Waals surface area contributed by atoms with E-state index in [0.717, 1.165) is 5.56 Å². The van der Waals surface area contributed by atoms with Gasteiger partial charge in [-0.1, -0.05) is 23.2 Å². The maximum absolute atomic E-state index is 11.5. The Bertz CT molecular complexity index is 345. The molecule has 0 fully saturated rings. The number of hydrogen-bond acceptors (Lipinski definition) is 2. The van der Waals surface area contributed by atoms with Crippen LogP contribution in [-0.2, 0) is 4.74 Å². The smallest absolute Gasteiger partial charge is 0.339 e. The number of benzene rings is 1. The van der Waals surface area contributed by atoms with Gasteiger partial charge in [-0.15, -0.1) is 0 Å². The van der Waals surface area contributed by atoms with Crippen LogP contribution in [0.4, 0.5) is 0 Å². The Morgan fingerprint density at radius 1 is 1.43 bits per heavy atom. The molecule has 0 saturated heterocycles. The third-order valence-corrected chi connectivity index (χ3v) is 2.01. The second-order valence-corrected chi connectivity index (χ2v) is 3.84. The van der Waals surface area contributed by atoms with Gasteiger partial charge in [-0.25, -0.2) is 4.79 Å². The first-order valence-corrected chi connectivity index (χ1v) is 4.85. The second-order valence-electron chi connectivity index (χ2n) is 3.44. The number of aryl methyl sites for hydroxylation is 1. The molecule has 0 aliphatic rings. The molecule has 1 aromatic carbocycles. The van der Waals surface area contributed by atoms with Crippen LogP contribution in [0.25, 0.3) is 0 Å². The third-order valence-electron chi connectivity index (χ3n) is 1.68. The molecule has 76 valence electrons. The Morgan fingerprint density at radius 3 is 2.64 bits per heavy atom. The van der Waals surface area contributed by atoms with E-state index in [9.17, 15) is 4.79 Å². The highest BCUT2D eigenvalue weighted by Crippen LogP contribution is 2.18. The summed E-state index contributed by atoms with van der Waals surface area (Å²) in [7, 11) is 0. The van der Waals surface area contributed by atoms with Crippen LogP contribution in [0.2, 0.25) is 5.02 Å². The van der Waals surface area contributed by atoms with Gasteiger partial charge in [0.25, 0.3) is 0 Å². The lowest BCUT2D eigenvalue weighted by Crippen LogP contribution is -2.12. The summed E-state index contributed by atoms with van der Waals surface area (Å²) in [5.74, 6) is -0.367. The van der Waals surface area contributed by atoms with Crippen molar-refractivity contribution in [2.24, 2.45) is 0 Å². The van der Waals surface area contributed by atoms with Gasteiger partial charge < -0.3 is 4.74 Å². The molecule has 0 spiro atoms. The molecule has 0 aromatic heterocycles. The Labute approximate surface area is 88.8 Å². The molecule has 14 heavy (non-hydrogen) atoms. The van der Waals surface area contributed by atoms with Crippen LogP contribution in [-0.4, -0.2) is 12.1 Å². The van der Waals surface area contributed by atoms with E-state index in [1.54, 1.807) is 12.1 Å². The molecule has 0 saturated carbocycles. The molecule has 0 amide bonds. The van der Waals surface area contributed by atoms with Gasteiger partial charge in [-0.2, -0.15) is 0 Å². The second kappa shape index (κ2) is 4.47. The lowest BCUT2D eigenvalue weighted by Gasteiger charge is -2.09. The van der Waals surface area contributed by atoms with Crippen molar-refractivity contribution in [3.63, 3.8) is 0 Å². The van der Waals surface area contributed by atoms with Crippen LogP contribution in [0.15, 0.2) is 18.2 Å². The van der Waals surface area contributed by atoms with Gasteiger partial charge in [0.15, 0.2) is 0 Å². The summed E-state index contributed by atoms with van der Waals surface area (Å²) < 4.78 is 5.05. The molecule has 2 nitrogen and oxygen atoms in total. The lowest BCUT2D eigenvalue weighted by molar-refractivity contribution is 0.0378. The van der Waals surface area contributed by atoms with Crippen LogP contribution in [0.5, 0.6) is 0 Å². The van der Waals surface area contributed by atoms with Gasteiger partial charge in [-0.3, -0.25) is 0 Å². The van der Waals surface area contributed by atoms with Crippen LogP contribution >= 0.6 is 11.6 Å². The fourth-order valence-corrected chi connectivity index (χ4v) is 1.27. The van der Waals surface area contributed by atoms with Gasteiger partial charge in [0.2, 0.25) is 0 Å². The molecule has 0 N–H and O–H groups in total. The number of ether oxygens (including phenoxy) is 1. The van der Waals surface area contributed by atoms with Gasteiger partial charge in [0.05, 0.1) is 16.7 Å². The van der Waals surface area contributed by atoms with Crippen LogP contribution in [0.3, 0.4) is 0 Å². The van der Waals surface area contributed by atoms with Gasteiger partial charge >= 0.3 is 5.97 Å². The number of carbonyl (C=O) groups is 1. The summed E-state index contributed by atoms with van der Waals surface area (Å²) in [6, 6.07) is 5.29. The quantitative estimate of drug-likeness (QED) is 0.704. The third kappa shape index (κ3) is 2.74. The zero-order valence-electron chi connectivity index (χ0n) is 8.50. The number of esters is 1. The largest absolute Gasteiger partial charge is 0.459 e. The first-order chi connectivity index (χ1) is 6.50. The molecule has 0 aliphatic carbocycles. The summed E-state index contributed by atoms with van der Waals surface area (Å²) in [4.78, 5) is 11.5. The molecule has 0 unspecified atom stereocenters. The normalized spacial score (nSPS) is 10.4. The predicted molar refractivity (Wildman–Crippen MR) is 56.7 cm³/mol. The fourth-order valence-electron chi connectivity index (χ4n) is 1.07. The zero-order chi connectivity index (χ0) is 10.7. The average Bonchev–Trinajstić information content (AvgIpc) is 2.08. The van der Waals surface area contributed by atoms with E-state index in [0.29, 0.717) is 10.6 Å². The van der Waals surface area contributed by atoms with Crippen molar-refractivity contribution < 1.29 is 9.53 Å².